The number of methoxy groups -OCH3 is 2. The van der Waals surface area contributed by atoms with Crippen molar-refractivity contribution >= 4 is 5.78 Å². The second-order valence-corrected chi connectivity index (χ2v) is 5.60. The average Bonchev–Trinajstić information content (AvgIpc) is 2.73. The van der Waals surface area contributed by atoms with E-state index in [-0.39, 0.29) is 5.78 Å². The number of ketones is 1. The Morgan fingerprint density at radius 3 is 1.70 bits per heavy atom. The maximum Gasteiger partial charge on any atom is 0.260 e. The van der Waals surface area contributed by atoms with Crippen molar-refractivity contribution in [2.75, 3.05) is 27.4 Å². The summed E-state index contributed by atoms with van der Waals surface area (Å²) in [5.41, 5.74) is 1.01. The smallest absolute Gasteiger partial charge is 0.260 e. The van der Waals surface area contributed by atoms with Crippen LogP contribution < -0.4 is 9.47 Å². The molecule has 0 spiro atoms. The van der Waals surface area contributed by atoms with Crippen molar-refractivity contribution in [3.63, 3.8) is 0 Å². The standard InChI is InChI=1S/C22H24O5/c1-5-15-26-19-11-7-17(8-12-19)21(23)22(24-3,25-4)18-9-13-20(14-10-18)27-16-6-2/h5-14H,1-2,15-16H2,3-4H3. The molecule has 0 aliphatic rings. The molecule has 0 amide bonds. The quantitative estimate of drug-likeness (QED) is 0.339. The van der Waals surface area contributed by atoms with Crippen molar-refractivity contribution in [2.45, 2.75) is 5.79 Å². The van der Waals surface area contributed by atoms with E-state index in [4.69, 9.17) is 18.9 Å². The van der Waals surface area contributed by atoms with E-state index < -0.39 is 5.79 Å². The lowest BCUT2D eigenvalue weighted by Crippen LogP contribution is -2.40. The van der Waals surface area contributed by atoms with Gasteiger partial charge in [0.2, 0.25) is 5.78 Å². The van der Waals surface area contributed by atoms with E-state index in [1.54, 1.807) is 60.7 Å². The van der Waals surface area contributed by atoms with Crippen LogP contribution in [0.4, 0.5) is 0 Å². The van der Waals surface area contributed by atoms with E-state index in [9.17, 15) is 4.79 Å². The Morgan fingerprint density at radius 1 is 0.852 bits per heavy atom. The summed E-state index contributed by atoms with van der Waals surface area (Å²) in [6.45, 7) is 8.02. The Balaban J connectivity index is 2.29. The lowest BCUT2D eigenvalue weighted by atomic mass is 9.95. The van der Waals surface area contributed by atoms with Crippen molar-refractivity contribution < 1.29 is 23.7 Å². The van der Waals surface area contributed by atoms with Crippen LogP contribution in [0.25, 0.3) is 0 Å². The van der Waals surface area contributed by atoms with Crippen LogP contribution >= 0.6 is 0 Å². The largest absolute Gasteiger partial charge is 0.490 e. The van der Waals surface area contributed by atoms with Crippen LogP contribution in [0.1, 0.15) is 15.9 Å². The number of hydrogen-bond donors (Lipinski definition) is 0. The number of Topliss-reactive ketones (excluding diaryl/α,β-unsaturated/α-hetero) is 1. The van der Waals surface area contributed by atoms with Crippen LogP contribution in [0.5, 0.6) is 11.5 Å². The first-order valence-corrected chi connectivity index (χ1v) is 8.44. The number of hydrogen-bond acceptors (Lipinski definition) is 5. The molecule has 5 heteroatoms. The van der Waals surface area contributed by atoms with Gasteiger partial charge >= 0.3 is 0 Å². The summed E-state index contributed by atoms with van der Waals surface area (Å²) in [5.74, 6) is -0.561. The average molecular weight is 368 g/mol. The van der Waals surface area contributed by atoms with Gasteiger partial charge in [-0.1, -0.05) is 25.3 Å². The fraction of sp³-hybridized carbons (Fsp3) is 0.227. The van der Waals surface area contributed by atoms with Gasteiger partial charge in [0.15, 0.2) is 0 Å². The predicted molar refractivity (Wildman–Crippen MR) is 104 cm³/mol. The highest BCUT2D eigenvalue weighted by Gasteiger charge is 2.41. The molecule has 2 aromatic carbocycles. The highest BCUT2D eigenvalue weighted by atomic mass is 16.7. The molecule has 0 fully saturated rings. The number of benzene rings is 2. The van der Waals surface area contributed by atoms with E-state index in [1.165, 1.54) is 14.2 Å². The van der Waals surface area contributed by atoms with Crippen LogP contribution in [0.3, 0.4) is 0 Å². The van der Waals surface area contributed by atoms with Crippen LogP contribution in [-0.2, 0) is 15.3 Å². The summed E-state index contributed by atoms with van der Waals surface area (Å²) in [4.78, 5) is 13.2. The van der Waals surface area contributed by atoms with E-state index in [0.717, 1.165) is 0 Å². The third-order valence-corrected chi connectivity index (χ3v) is 3.96. The first-order valence-electron chi connectivity index (χ1n) is 8.44. The van der Waals surface area contributed by atoms with Gasteiger partial charge in [-0.25, -0.2) is 0 Å². The summed E-state index contributed by atoms with van der Waals surface area (Å²) in [7, 11) is 2.87. The van der Waals surface area contributed by atoms with Gasteiger partial charge in [-0.05, 0) is 48.5 Å². The molecule has 27 heavy (non-hydrogen) atoms. The van der Waals surface area contributed by atoms with E-state index in [1.807, 2.05) is 0 Å². The van der Waals surface area contributed by atoms with Crippen LogP contribution in [0.2, 0.25) is 0 Å². The van der Waals surface area contributed by atoms with Gasteiger partial charge in [-0.3, -0.25) is 4.79 Å². The molecule has 2 aromatic rings. The summed E-state index contributed by atoms with van der Waals surface area (Å²) in [6, 6.07) is 13.8. The van der Waals surface area contributed by atoms with Crippen LogP contribution in [0, 0.1) is 0 Å². The highest BCUT2D eigenvalue weighted by molar-refractivity contribution is 6.02. The van der Waals surface area contributed by atoms with Crippen molar-refractivity contribution in [1.29, 1.82) is 0 Å². The van der Waals surface area contributed by atoms with E-state index >= 15 is 0 Å². The molecule has 0 N–H and O–H groups in total. The first-order chi connectivity index (χ1) is 13.1. The molecule has 0 aromatic heterocycles. The monoisotopic (exact) mass is 368 g/mol. The van der Waals surface area contributed by atoms with Crippen molar-refractivity contribution in [2.24, 2.45) is 0 Å². The number of carbonyl (C=O) groups excluding carboxylic acids is 1. The van der Waals surface area contributed by atoms with Gasteiger partial charge in [0.05, 0.1) is 0 Å². The molecular weight excluding hydrogens is 344 g/mol. The fourth-order valence-electron chi connectivity index (χ4n) is 2.61. The number of rotatable bonds is 11. The van der Waals surface area contributed by atoms with Gasteiger partial charge in [0.25, 0.3) is 5.79 Å². The fourth-order valence-corrected chi connectivity index (χ4v) is 2.61. The molecule has 0 saturated heterocycles. The molecule has 0 atom stereocenters. The molecule has 0 bridgehead atoms. The van der Waals surface area contributed by atoms with Gasteiger partial charge in [0.1, 0.15) is 24.7 Å². The van der Waals surface area contributed by atoms with Crippen LogP contribution in [0.15, 0.2) is 73.8 Å². The Kier molecular flexibility index (Phi) is 7.34. The van der Waals surface area contributed by atoms with Gasteiger partial charge in [-0.2, -0.15) is 0 Å². The van der Waals surface area contributed by atoms with Crippen LogP contribution in [-0.4, -0.2) is 33.2 Å². The van der Waals surface area contributed by atoms with Gasteiger partial charge < -0.3 is 18.9 Å². The maximum absolute atomic E-state index is 13.2. The molecule has 2 rings (SSSR count). The third-order valence-electron chi connectivity index (χ3n) is 3.96. The summed E-state index contributed by atoms with van der Waals surface area (Å²) in [5, 5.41) is 0. The Labute approximate surface area is 159 Å². The Morgan fingerprint density at radius 2 is 1.30 bits per heavy atom. The number of carbonyl (C=O) groups is 1. The highest BCUT2D eigenvalue weighted by Crippen LogP contribution is 2.32. The molecule has 0 aliphatic carbocycles. The second-order valence-electron chi connectivity index (χ2n) is 5.60. The minimum Gasteiger partial charge on any atom is -0.490 e. The lowest BCUT2D eigenvalue weighted by Gasteiger charge is -2.30. The van der Waals surface area contributed by atoms with E-state index in [0.29, 0.717) is 35.8 Å². The number of ether oxygens (including phenoxy) is 4. The summed E-state index contributed by atoms with van der Waals surface area (Å²) in [6.07, 6.45) is 3.32. The van der Waals surface area contributed by atoms with Crippen molar-refractivity contribution in [1.82, 2.24) is 0 Å². The lowest BCUT2D eigenvalue weighted by molar-refractivity contribution is -0.176. The minimum absolute atomic E-state index is 0.317. The molecule has 0 radical (unpaired) electrons. The van der Waals surface area contributed by atoms with E-state index in [2.05, 4.69) is 13.2 Å². The third kappa shape index (κ3) is 4.64. The Hall–Kier alpha value is -2.89. The predicted octanol–water partition coefficient (Wildman–Crippen LogP) is 4.14. The maximum atomic E-state index is 13.2. The first kappa shape index (κ1) is 20.4. The molecule has 0 unspecified atom stereocenters. The Bertz CT molecular complexity index is 758. The van der Waals surface area contributed by atoms with Crippen molar-refractivity contribution in [3.8, 4) is 11.5 Å². The van der Waals surface area contributed by atoms with Gasteiger partial charge in [-0.15, -0.1) is 0 Å². The molecular formula is C22H24O5. The zero-order valence-corrected chi connectivity index (χ0v) is 15.6. The zero-order chi connectivity index (χ0) is 19.7. The molecule has 142 valence electrons. The molecule has 0 heterocycles. The second kappa shape index (κ2) is 9.71. The molecule has 5 nitrogen and oxygen atoms in total. The normalized spacial score (nSPS) is 10.9. The van der Waals surface area contributed by atoms with Gasteiger partial charge in [0, 0.05) is 25.3 Å². The van der Waals surface area contributed by atoms with Crippen molar-refractivity contribution in [3.05, 3.63) is 85.0 Å². The summed E-state index contributed by atoms with van der Waals surface area (Å²) < 4.78 is 22.0. The topological polar surface area (TPSA) is 54.0 Å². The molecule has 0 aliphatic heterocycles. The minimum atomic E-state index is -1.56. The zero-order valence-electron chi connectivity index (χ0n) is 15.6. The SMILES string of the molecule is C=CCOc1ccc(C(=O)C(OC)(OC)c2ccc(OCC=C)cc2)cc1. The summed E-state index contributed by atoms with van der Waals surface area (Å²) >= 11 is 0. The molecule has 0 saturated carbocycles.